The van der Waals surface area contributed by atoms with Crippen LogP contribution in [0.4, 0.5) is 4.79 Å². The van der Waals surface area contributed by atoms with Crippen molar-refractivity contribution >= 4 is 18.0 Å². The molecule has 32 heavy (non-hydrogen) atoms. The van der Waals surface area contributed by atoms with Gasteiger partial charge in [-0.3, -0.25) is 4.79 Å². The molecule has 0 aromatic heterocycles. The van der Waals surface area contributed by atoms with Crippen LogP contribution in [0.3, 0.4) is 0 Å². The first-order valence-electron chi connectivity index (χ1n) is 10.4. The number of carboxylic acid groups (broad SMARTS) is 1. The molecule has 0 aliphatic heterocycles. The van der Waals surface area contributed by atoms with Gasteiger partial charge in [-0.25, -0.2) is 9.59 Å². The van der Waals surface area contributed by atoms with E-state index in [1.807, 2.05) is 48.5 Å². The second-order valence-corrected chi connectivity index (χ2v) is 7.64. The molecule has 0 bridgehead atoms. The average Bonchev–Trinajstić information content (AvgIpc) is 3.11. The van der Waals surface area contributed by atoms with E-state index < -0.39 is 30.1 Å². The van der Waals surface area contributed by atoms with Crippen LogP contribution in [0.15, 0.2) is 48.5 Å². The maximum atomic E-state index is 12.8. The molecular formula is C25H26N2O5. The highest BCUT2D eigenvalue weighted by molar-refractivity contribution is 5.89. The first-order chi connectivity index (χ1) is 15.4. The second kappa shape index (κ2) is 10.0. The molecule has 0 radical (unpaired) electrons. The Morgan fingerprint density at radius 2 is 1.69 bits per heavy atom. The van der Waals surface area contributed by atoms with Gasteiger partial charge in [0.25, 0.3) is 0 Å². The van der Waals surface area contributed by atoms with Crippen molar-refractivity contribution in [3.8, 4) is 23.5 Å². The maximum absolute atomic E-state index is 12.8. The van der Waals surface area contributed by atoms with Crippen LogP contribution in [0.1, 0.15) is 36.8 Å². The summed E-state index contributed by atoms with van der Waals surface area (Å²) in [7, 11) is 1.38. The summed E-state index contributed by atoms with van der Waals surface area (Å²) in [6, 6.07) is 13.9. The second-order valence-electron chi connectivity index (χ2n) is 7.64. The van der Waals surface area contributed by atoms with E-state index in [-0.39, 0.29) is 25.4 Å². The fourth-order valence-electron chi connectivity index (χ4n) is 4.11. The Hall–Kier alpha value is -3.79. The number of aliphatic carboxylic acids is 1. The molecule has 1 aliphatic rings. The van der Waals surface area contributed by atoms with Crippen LogP contribution in [0.25, 0.3) is 11.1 Å². The van der Waals surface area contributed by atoms with E-state index in [9.17, 15) is 19.5 Å². The van der Waals surface area contributed by atoms with Gasteiger partial charge in [0.2, 0.25) is 5.91 Å². The molecule has 0 spiro atoms. The molecular weight excluding hydrogens is 408 g/mol. The van der Waals surface area contributed by atoms with Crippen molar-refractivity contribution in [1.29, 1.82) is 0 Å². The van der Waals surface area contributed by atoms with Crippen LogP contribution < -0.4 is 5.32 Å². The minimum atomic E-state index is -1.12. The van der Waals surface area contributed by atoms with Crippen LogP contribution in [-0.4, -0.2) is 53.7 Å². The zero-order valence-electron chi connectivity index (χ0n) is 18.1. The molecule has 0 fully saturated rings. The molecule has 1 aliphatic carbocycles. The number of carboxylic acids is 1. The van der Waals surface area contributed by atoms with Crippen molar-refractivity contribution in [1.82, 2.24) is 10.2 Å². The molecule has 0 heterocycles. The number of nitrogens with one attached hydrogen (secondary N) is 1. The van der Waals surface area contributed by atoms with Gasteiger partial charge < -0.3 is 20.1 Å². The standard InChI is InChI=1S/C25H26N2O5/c1-4-10-21(23(28)27(3)22(5-2)24(29)30)26-25(31)32-15-20-18-13-8-6-11-16(18)17-12-7-9-14-19(17)20/h1,6-9,11-14,20-22H,5,10,15H2,2-3H3,(H,26,31)(H,29,30). The van der Waals surface area contributed by atoms with Crippen molar-refractivity contribution in [2.45, 2.75) is 37.8 Å². The molecule has 2 aromatic rings. The van der Waals surface area contributed by atoms with Crippen LogP contribution in [-0.2, 0) is 14.3 Å². The van der Waals surface area contributed by atoms with E-state index >= 15 is 0 Å². The Morgan fingerprint density at radius 3 is 2.19 bits per heavy atom. The lowest BCUT2D eigenvalue weighted by molar-refractivity contribution is -0.149. The number of nitrogens with zero attached hydrogens (tertiary/aromatic N) is 1. The lowest BCUT2D eigenvalue weighted by atomic mass is 9.98. The Labute approximate surface area is 187 Å². The number of alkyl carbamates (subject to hydrolysis) is 1. The molecule has 166 valence electrons. The zero-order chi connectivity index (χ0) is 23.3. The highest BCUT2D eigenvalue weighted by Gasteiger charge is 2.32. The van der Waals surface area contributed by atoms with Crippen molar-refractivity contribution in [2.24, 2.45) is 0 Å². The van der Waals surface area contributed by atoms with Crippen LogP contribution >= 0.6 is 0 Å². The van der Waals surface area contributed by atoms with Gasteiger partial charge in [0, 0.05) is 19.4 Å². The SMILES string of the molecule is C#CCC(NC(=O)OCC1c2ccccc2-c2ccccc21)C(=O)N(C)C(CC)C(=O)O. The van der Waals surface area contributed by atoms with E-state index in [4.69, 9.17) is 11.2 Å². The maximum Gasteiger partial charge on any atom is 0.407 e. The van der Waals surface area contributed by atoms with Gasteiger partial charge in [-0.2, -0.15) is 0 Å². The van der Waals surface area contributed by atoms with Gasteiger partial charge in [-0.05, 0) is 28.7 Å². The molecule has 0 saturated heterocycles. The summed E-state index contributed by atoms with van der Waals surface area (Å²) in [5, 5.41) is 11.8. The lowest BCUT2D eigenvalue weighted by Gasteiger charge is -2.27. The van der Waals surface area contributed by atoms with Crippen molar-refractivity contribution in [3.05, 3.63) is 59.7 Å². The van der Waals surface area contributed by atoms with E-state index in [1.165, 1.54) is 7.05 Å². The summed E-state index contributed by atoms with van der Waals surface area (Å²) in [6.07, 6.45) is 4.73. The van der Waals surface area contributed by atoms with Gasteiger partial charge in [0.1, 0.15) is 18.7 Å². The number of benzene rings is 2. The third-order valence-corrected chi connectivity index (χ3v) is 5.74. The third kappa shape index (κ3) is 4.59. The molecule has 2 unspecified atom stereocenters. The van der Waals surface area contributed by atoms with Crippen molar-refractivity contribution in [3.63, 3.8) is 0 Å². The Morgan fingerprint density at radius 1 is 1.12 bits per heavy atom. The predicted molar refractivity (Wildman–Crippen MR) is 120 cm³/mol. The van der Waals surface area contributed by atoms with Crippen LogP contribution in [0.2, 0.25) is 0 Å². The van der Waals surface area contributed by atoms with Crippen LogP contribution in [0, 0.1) is 12.3 Å². The first kappa shape index (κ1) is 22.9. The van der Waals surface area contributed by atoms with Gasteiger partial charge in [0.05, 0.1) is 0 Å². The number of amides is 2. The highest BCUT2D eigenvalue weighted by atomic mass is 16.5. The molecule has 3 rings (SSSR count). The minimum absolute atomic E-state index is 0.0799. The topological polar surface area (TPSA) is 95.9 Å². The zero-order valence-corrected chi connectivity index (χ0v) is 18.1. The number of likely N-dealkylation sites (N-methyl/N-ethyl adjacent to an activating group) is 1. The number of carbonyl (C=O) groups is 3. The molecule has 7 nitrogen and oxygen atoms in total. The first-order valence-corrected chi connectivity index (χ1v) is 10.4. The Kier molecular flexibility index (Phi) is 7.16. The van der Waals surface area contributed by atoms with E-state index in [0.717, 1.165) is 27.2 Å². The Balaban J connectivity index is 1.68. The summed E-state index contributed by atoms with van der Waals surface area (Å²) in [5.41, 5.74) is 4.37. The third-order valence-electron chi connectivity index (χ3n) is 5.74. The van der Waals surface area contributed by atoms with Crippen LogP contribution in [0.5, 0.6) is 0 Å². The molecule has 2 aromatic carbocycles. The largest absolute Gasteiger partial charge is 0.480 e. The predicted octanol–water partition coefficient (Wildman–Crippen LogP) is 3.24. The Bertz CT molecular complexity index is 1010. The molecule has 2 atom stereocenters. The summed E-state index contributed by atoms with van der Waals surface area (Å²) in [5.74, 6) is 0.537. The normalized spacial score (nSPS) is 13.8. The fourth-order valence-corrected chi connectivity index (χ4v) is 4.11. The van der Waals surface area contributed by atoms with E-state index in [0.29, 0.717) is 0 Å². The van der Waals surface area contributed by atoms with Gasteiger partial charge in [-0.1, -0.05) is 55.5 Å². The number of ether oxygens (including phenoxy) is 1. The smallest absolute Gasteiger partial charge is 0.407 e. The number of hydrogen-bond donors (Lipinski definition) is 2. The minimum Gasteiger partial charge on any atom is -0.480 e. The summed E-state index contributed by atoms with van der Waals surface area (Å²) in [4.78, 5) is 37.8. The van der Waals surface area contributed by atoms with Gasteiger partial charge in [0.15, 0.2) is 0 Å². The van der Waals surface area contributed by atoms with Gasteiger partial charge >= 0.3 is 12.1 Å². The molecule has 2 amide bonds. The van der Waals surface area contributed by atoms with Crippen molar-refractivity contribution in [2.75, 3.05) is 13.7 Å². The number of terminal acetylenes is 1. The average molecular weight is 434 g/mol. The van der Waals surface area contributed by atoms with Crippen molar-refractivity contribution < 1.29 is 24.2 Å². The van der Waals surface area contributed by atoms with E-state index in [1.54, 1.807) is 6.92 Å². The number of rotatable bonds is 8. The van der Waals surface area contributed by atoms with E-state index in [2.05, 4.69) is 11.2 Å². The molecule has 0 saturated carbocycles. The summed E-state index contributed by atoms with van der Waals surface area (Å²) < 4.78 is 5.47. The number of hydrogen-bond acceptors (Lipinski definition) is 4. The lowest BCUT2D eigenvalue weighted by Crippen LogP contribution is -2.52. The summed E-state index contributed by atoms with van der Waals surface area (Å²) >= 11 is 0. The quantitative estimate of drug-likeness (QED) is 0.622. The monoisotopic (exact) mass is 434 g/mol. The number of carbonyl (C=O) groups excluding carboxylic acids is 2. The van der Waals surface area contributed by atoms with Gasteiger partial charge in [-0.15, -0.1) is 12.3 Å². The fraction of sp³-hybridized carbons (Fsp3) is 0.320. The highest BCUT2D eigenvalue weighted by Crippen LogP contribution is 2.44. The molecule has 2 N–H and O–H groups in total. The number of fused-ring (bicyclic) bond motifs is 3. The molecule has 7 heteroatoms. The summed E-state index contributed by atoms with van der Waals surface area (Å²) in [6.45, 7) is 1.76.